The van der Waals surface area contributed by atoms with Gasteiger partial charge in [-0.25, -0.2) is 0 Å². The number of hydrogen-bond acceptors (Lipinski definition) is 3. The van der Waals surface area contributed by atoms with Gasteiger partial charge in [0.1, 0.15) is 5.78 Å². The standard InChI is InChI=1S/C25H37NO2/c1-24-10-8-19(27)15-18(24)6-7-20-21(24)9-11-25(2)22(20)14-17(23(25)28)16-26-12-4-3-5-13-26/h15,17,20-22H,3-14,16H2,1-2H3/t17?,20-,21+,22+,24+,25+/m1/s1. The van der Waals surface area contributed by atoms with E-state index in [4.69, 9.17) is 0 Å². The van der Waals surface area contributed by atoms with E-state index < -0.39 is 0 Å². The molecule has 1 unspecified atom stereocenters. The number of rotatable bonds is 2. The number of allylic oxidation sites excluding steroid dienone is 1. The fraction of sp³-hybridized carbons (Fsp3) is 0.840. The Bertz CT molecular complexity index is 705. The van der Waals surface area contributed by atoms with Crippen LogP contribution in [0.3, 0.4) is 0 Å². The number of Topliss-reactive ketones (excluding diaryl/α,β-unsaturated/α-hetero) is 1. The predicted molar refractivity (Wildman–Crippen MR) is 111 cm³/mol. The second-order valence-electron chi connectivity index (χ2n) is 11.1. The Morgan fingerprint density at radius 2 is 1.75 bits per heavy atom. The highest BCUT2D eigenvalue weighted by Crippen LogP contribution is 2.65. The number of likely N-dealkylation sites (tertiary alicyclic amines) is 1. The molecule has 3 saturated carbocycles. The summed E-state index contributed by atoms with van der Waals surface area (Å²) >= 11 is 0. The molecule has 3 nitrogen and oxygen atoms in total. The quantitative estimate of drug-likeness (QED) is 0.687. The van der Waals surface area contributed by atoms with E-state index in [1.807, 2.05) is 6.08 Å². The monoisotopic (exact) mass is 383 g/mol. The molecule has 4 fully saturated rings. The van der Waals surface area contributed by atoms with Crippen LogP contribution in [0.4, 0.5) is 0 Å². The maximum Gasteiger partial charge on any atom is 0.155 e. The van der Waals surface area contributed by atoms with Crippen molar-refractivity contribution >= 4 is 11.6 Å². The lowest BCUT2D eigenvalue weighted by molar-refractivity contribution is -0.135. The molecule has 1 saturated heterocycles. The predicted octanol–water partition coefficient (Wildman–Crippen LogP) is 4.80. The smallest absolute Gasteiger partial charge is 0.155 e. The molecule has 3 heteroatoms. The van der Waals surface area contributed by atoms with Crippen molar-refractivity contribution in [3.05, 3.63) is 11.6 Å². The van der Waals surface area contributed by atoms with Crippen LogP contribution in [0.5, 0.6) is 0 Å². The molecule has 5 rings (SSSR count). The molecule has 0 aromatic rings. The van der Waals surface area contributed by atoms with Crippen LogP contribution in [0.2, 0.25) is 0 Å². The first-order chi connectivity index (χ1) is 13.4. The zero-order valence-corrected chi connectivity index (χ0v) is 17.8. The Kier molecular flexibility index (Phi) is 4.61. The first-order valence-electron chi connectivity index (χ1n) is 11.9. The molecule has 1 aliphatic heterocycles. The molecule has 4 aliphatic carbocycles. The number of carbonyl (C=O) groups excluding carboxylic acids is 2. The van der Waals surface area contributed by atoms with Crippen molar-refractivity contribution in [1.29, 1.82) is 0 Å². The highest BCUT2D eigenvalue weighted by molar-refractivity contribution is 5.92. The van der Waals surface area contributed by atoms with Gasteiger partial charge in [-0.05, 0) is 93.7 Å². The van der Waals surface area contributed by atoms with E-state index in [0.29, 0.717) is 29.3 Å². The summed E-state index contributed by atoms with van der Waals surface area (Å²) in [5.74, 6) is 3.13. The first kappa shape index (κ1) is 19.0. The Labute approximate surface area is 170 Å². The van der Waals surface area contributed by atoms with Crippen LogP contribution in [0.1, 0.15) is 78.1 Å². The summed E-state index contributed by atoms with van der Waals surface area (Å²) in [4.78, 5) is 28.1. The molecule has 6 atom stereocenters. The van der Waals surface area contributed by atoms with Gasteiger partial charge in [0.2, 0.25) is 0 Å². The molecule has 1 heterocycles. The Balaban J connectivity index is 1.38. The lowest BCUT2D eigenvalue weighted by Crippen LogP contribution is -2.50. The Morgan fingerprint density at radius 1 is 0.964 bits per heavy atom. The Morgan fingerprint density at radius 3 is 2.54 bits per heavy atom. The fourth-order valence-corrected chi connectivity index (χ4v) is 8.11. The zero-order chi connectivity index (χ0) is 19.5. The number of fused-ring (bicyclic) bond motifs is 5. The number of piperidine rings is 1. The van der Waals surface area contributed by atoms with Crippen LogP contribution in [0.25, 0.3) is 0 Å². The van der Waals surface area contributed by atoms with E-state index in [-0.39, 0.29) is 16.7 Å². The van der Waals surface area contributed by atoms with Gasteiger partial charge in [-0.15, -0.1) is 0 Å². The molecule has 0 bridgehead atoms. The molecule has 0 radical (unpaired) electrons. The van der Waals surface area contributed by atoms with E-state index in [1.165, 1.54) is 50.8 Å². The van der Waals surface area contributed by atoms with Gasteiger partial charge in [0.05, 0.1) is 0 Å². The highest BCUT2D eigenvalue weighted by atomic mass is 16.1. The van der Waals surface area contributed by atoms with E-state index in [9.17, 15) is 9.59 Å². The third kappa shape index (κ3) is 2.79. The summed E-state index contributed by atoms with van der Waals surface area (Å²) in [6.07, 6.45) is 13.4. The molecule has 28 heavy (non-hydrogen) atoms. The molecule has 0 amide bonds. The van der Waals surface area contributed by atoms with Gasteiger partial charge < -0.3 is 4.90 Å². The van der Waals surface area contributed by atoms with E-state index in [0.717, 1.165) is 38.6 Å². The van der Waals surface area contributed by atoms with Crippen LogP contribution in [-0.4, -0.2) is 36.1 Å². The summed E-state index contributed by atoms with van der Waals surface area (Å²) in [6.45, 7) is 8.14. The van der Waals surface area contributed by atoms with Gasteiger partial charge in [0.25, 0.3) is 0 Å². The SMILES string of the molecule is C[C@]12CCC(=O)C=C1CC[C@@H]1[C@@H]2CC[C@]2(C)C(=O)C(CN3CCCCC3)C[C@@H]12. The molecule has 0 aromatic heterocycles. The molecule has 0 spiro atoms. The van der Waals surface area contributed by atoms with Gasteiger partial charge in [-0.2, -0.15) is 0 Å². The van der Waals surface area contributed by atoms with Crippen molar-refractivity contribution in [2.45, 2.75) is 78.1 Å². The zero-order valence-electron chi connectivity index (χ0n) is 17.8. The fourth-order valence-electron chi connectivity index (χ4n) is 8.11. The number of ketones is 2. The summed E-state index contributed by atoms with van der Waals surface area (Å²) < 4.78 is 0. The van der Waals surface area contributed by atoms with Gasteiger partial charge in [0.15, 0.2) is 5.78 Å². The molecular weight excluding hydrogens is 346 g/mol. The number of nitrogens with zero attached hydrogens (tertiary/aromatic N) is 1. The van der Waals surface area contributed by atoms with Gasteiger partial charge in [0, 0.05) is 24.3 Å². The lowest BCUT2D eigenvalue weighted by Gasteiger charge is -2.56. The molecule has 5 aliphatic rings. The topological polar surface area (TPSA) is 37.4 Å². The van der Waals surface area contributed by atoms with Crippen molar-refractivity contribution in [3.63, 3.8) is 0 Å². The number of carbonyl (C=O) groups is 2. The lowest BCUT2D eigenvalue weighted by atomic mass is 9.47. The average Bonchev–Trinajstić information content (AvgIpc) is 2.94. The van der Waals surface area contributed by atoms with E-state index in [1.54, 1.807) is 0 Å². The second-order valence-corrected chi connectivity index (χ2v) is 11.1. The molecule has 154 valence electrons. The summed E-state index contributed by atoms with van der Waals surface area (Å²) in [5, 5.41) is 0. The highest BCUT2D eigenvalue weighted by Gasteiger charge is 2.61. The van der Waals surface area contributed by atoms with Crippen LogP contribution in [0.15, 0.2) is 11.6 Å². The maximum atomic E-state index is 13.5. The third-order valence-electron chi connectivity index (χ3n) is 9.75. The van der Waals surface area contributed by atoms with Crippen LogP contribution in [-0.2, 0) is 9.59 Å². The summed E-state index contributed by atoms with van der Waals surface area (Å²) in [5.41, 5.74) is 1.57. The van der Waals surface area contributed by atoms with E-state index in [2.05, 4.69) is 18.7 Å². The second kappa shape index (κ2) is 6.79. The van der Waals surface area contributed by atoms with Gasteiger partial charge in [-0.1, -0.05) is 25.8 Å². The van der Waals surface area contributed by atoms with Crippen LogP contribution < -0.4 is 0 Å². The maximum absolute atomic E-state index is 13.5. The third-order valence-corrected chi connectivity index (χ3v) is 9.75. The van der Waals surface area contributed by atoms with Crippen molar-refractivity contribution < 1.29 is 9.59 Å². The minimum Gasteiger partial charge on any atom is -0.303 e. The van der Waals surface area contributed by atoms with E-state index >= 15 is 0 Å². The molecule has 0 N–H and O–H groups in total. The summed E-state index contributed by atoms with van der Waals surface area (Å²) in [6, 6.07) is 0. The van der Waals surface area contributed by atoms with Crippen LogP contribution >= 0.6 is 0 Å². The van der Waals surface area contributed by atoms with Gasteiger partial charge in [-0.3, -0.25) is 9.59 Å². The molecular formula is C25H37NO2. The Hall–Kier alpha value is -0.960. The molecule has 0 aromatic carbocycles. The van der Waals surface area contributed by atoms with Crippen molar-refractivity contribution in [2.75, 3.05) is 19.6 Å². The minimum atomic E-state index is -0.0797. The number of hydrogen-bond donors (Lipinski definition) is 0. The normalized spacial score (nSPS) is 46.6. The van der Waals surface area contributed by atoms with Crippen LogP contribution in [0, 0.1) is 34.5 Å². The average molecular weight is 384 g/mol. The largest absolute Gasteiger partial charge is 0.303 e. The minimum absolute atomic E-state index is 0.0797. The van der Waals surface area contributed by atoms with Crippen molar-refractivity contribution in [3.8, 4) is 0 Å². The van der Waals surface area contributed by atoms with Crippen molar-refractivity contribution in [1.82, 2.24) is 4.90 Å². The summed E-state index contributed by atoms with van der Waals surface area (Å²) in [7, 11) is 0. The first-order valence-corrected chi connectivity index (χ1v) is 11.9. The van der Waals surface area contributed by atoms with Crippen molar-refractivity contribution in [2.24, 2.45) is 34.5 Å². The van der Waals surface area contributed by atoms with Gasteiger partial charge >= 0.3 is 0 Å².